The summed E-state index contributed by atoms with van der Waals surface area (Å²) in [5.74, 6) is 0. The summed E-state index contributed by atoms with van der Waals surface area (Å²) >= 11 is 3.92. The molecule has 0 aliphatic rings. The van der Waals surface area contributed by atoms with E-state index in [0.29, 0.717) is 0 Å². The van der Waals surface area contributed by atoms with Crippen molar-refractivity contribution in [2.75, 3.05) is 0 Å². The monoisotopic (exact) mass is 790 g/mol. The minimum atomic E-state index is 0. The number of rotatable bonds is 5. The smallest absolute Gasteiger partial charge is 1.00 e. The molecule has 0 N–H and O–H groups in total. The fraction of sp³-hybridized carbons (Fsp3) is 0. The molecule has 0 aromatic heterocycles. The molecule has 0 saturated heterocycles. The maximum atomic E-state index is 3.92. The van der Waals surface area contributed by atoms with Crippen molar-refractivity contribution in [3.63, 3.8) is 0 Å². The van der Waals surface area contributed by atoms with Crippen LogP contribution in [0.25, 0.3) is 15.6 Å². The van der Waals surface area contributed by atoms with Gasteiger partial charge in [-0.1, -0.05) is 152 Å². The van der Waals surface area contributed by atoms with Gasteiger partial charge in [0.2, 0.25) is 0 Å². The van der Waals surface area contributed by atoms with Crippen LogP contribution in [-0.2, 0) is 0 Å². The second-order valence-corrected chi connectivity index (χ2v) is 8.52. The molecule has 0 aliphatic carbocycles. The van der Waals surface area contributed by atoms with Crippen LogP contribution in [0.1, 0.15) is 22.3 Å². The largest absolute Gasteiger partial charge is 2.00 e. The first-order valence-corrected chi connectivity index (χ1v) is 12.3. The Hall–Kier alpha value is -2.18. The zero-order chi connectivity index (χ0) is 24.1. The Kier molecular flexibility index (Phi) is 16.9. The molecule has 0 unspecified atom stereocenters. The number of halogens is 3. The van der Waals surface area contributed by atoms with E-state index in [4.69, 9.17) is 0 Å². The average molecular weight is 792 g/mol. The first kappa shape index (κ1) is 33.8. The van der Waals surface area contributed by atoms with Crippen molar-refractivity contribution in [3.8, 4) is 0 Å². The quantitative estimate of drug-likeness (QED) is 0.146. The standard InChI is InChI=1S/C28H20Br.C6H5.2BrH.Sn/c29-28(25-19-11-4-12-20-25)27(24-17-9-3-10-18-24)26(23-15-7-2-8-16-23)21-22-13-5-1-6-14-22;1-2-4-6-5-3-1;;;/h1-20H;1-5H;2*1H;/q;;;;+2/p-2/b26-21?,28-27-;;;;. The molecular formula is C34H25Br3Sn. The second kappa shape index (κ2) is 19.0. The van der Waals surface area contributed by atoms with Crippen molar-refractivity contribution in [2.24, 2.45) is 0 Å². The van der Waals surface area contributed by atoms with Crippen molar-refractivity contribution in [2.45, 2.75) is 0 Å². The van der Waals surface area contributed by atoms with Gasteiger partial charge in [0.1, 0.15) is 0 Å². The third-order valence-corrected chi connectivity index (χ3v) is 6.13. The summed E-state index contributed by atoms with van der Waals surface area (Å²) < 4.78 is 1.05. The molecule has 4 heteroatoms. The predicted molar refractivity (Wildman–Crippen MR) is 158 cm³/mol. The summed E-state index contributed by atoms with van der Waals surface area (Å²) in [6, 6.07) is 54.1. The van der Waals surface area contributed by atoms with Crippen LogP contribution in [0, 0.1) is 12.1 Å². The number of allylic oxidation sites excluding steroid dienone is 2. The van der Waals surface area contributed by atoms with Gasteiger partial charge in [0, 0.05) is 10.1 Å². The number of hydrogen-bond acceptors (Lipinski definition) is 0. The first-order valence-electron chi connectivity index (χ1n) is 11.5. The molecular weight excluding hydrogens is 767 g/mol. The molecule has 0 bridgehead atoms. The van der Waals surface area contributed by atoms with Gasteiger partial charge in [-0.3, -0.25) is 0 Å². The Morgan fingerprint density at radius 2 is 0.895 bits per heavy atom. The number of benzene rings is 5. The predicted octanol–water partition coefficient (Wildman–Crippen LogP) is 3.00. The van der Waals surface area contributed by atoms with Crippen molar-refractivity contribution in [3.05, 3.63) is 186 Å². The van der Waals surface area contributed by atoms with Gasteiger partial charge < -0.3 is 34.0 Å². The molecule has 0 aliphatic heterocycles. The van der Waals surface area contributed by atoms with E-state index >= 15 is 0 Å². The second-order valence-electron chi connectivity index (χ2n) is 7.73. The van der Waals surface area contributed by atoms with E-state index in [1.165, 1.54) is 0 Å². The van der Waals surface area contributed by atoms with Gasteiger partial charge in [0.15, 0.2) is 0 Å². The van der Waals surface area contributed by atoms with Gasteiger partial charge in [0.25, 0.3) is 0 Å². The Labute approximate surface area is 273 Å². The summed E-state index contributed by atoms with van der Waals surface area (Å²) in [6.07, 6.45) is 3.67. The number of hydrogen-bond donors (Lipinski definition) is 0. The molecule has 5 rings (SSSR count). The van der Waals surface area contributed by atoms with Crippen LogP contribution in [0.3, 0.4) is 0 Å². The van der Waals surface area contributed by atoms with Crippen LogP contribution >= 0.6 is 15.9 Å². The molecule has 0 nitrogen and oxygen atoms in total. The van der Waals surface area contributed by atoms with E-state index in [0.717, 1.165) is 37.9 Å². The third-order valence-electron chi connectivity index (χ3n) is 5.27. The van der Waals surface area contributed by atoms with E-state index in [1.54, 1.807) is 0 Å². The minimum Gasteiger partial charge on any atom is -1.00 e. The van der Waals surface area contributed by atoms with Gasteiger partial charge >= 0.3 is 23.9 Å². The third kappa shape index (κ3) is 10.2. The van der Waals surface area contributed by atoms with Gasteiger partial charge in [-0.05, 0) is 55.9 Å². The molecule has 5 aromatic rings. The maximum absolute atomic E-state index is 3.92. The Morgan fingerprint density at radius 3 is 1.32 bits per heavy atom. The van der Waals surface area contributed by atoms with Gasteiger partial charge in [-0.2, -0.15) is 0 Å². The molecule has 38 heavy (non-hydrogen) atoms. The van der Waals surface area contributed by atoms with Crippen LogP contribution in [0.4, 0.5) is 0 Å². The van der Waals surface area contributed by atoms with Crippen LogP contribution in [0.15, 0.2) is 152 Å². The molecule has 0 heterocycles. The molecule has 5 aromatic carbocycles. The van der Waals surface area contributed by atoms with E-state index in [2.05, 4.69) is 113 Å². The Morgan fingerprint density at radius 1 is 0.500 bits per heavy atom. The maximum Gasteiger partial charge on any atom is 2.00 e. The molecule has 0 fully saturated rings. The van der Waals surface area contributed by atoms with Crippen molar-refractivity contribution in [1.29, 1.82) is 0 Å². The van der Waals surface area contributed by atoms with E-state index in [-0.39, 0.29) is 57.9 Å². The fourth-order valence-corrected chi connectivity index (χ4v) is 4.30. The molecule has 0 spiro atoms. The molecule has 0 atom stereocenters. The van der Waals surface area contributed by atoms with E-state index < -0.39 is 0 Å². The van der Waals surface area contributed by atoms with Crippen LogP contribution in [0.2, 0.25) is 0 Å². The van der Waals surface area contributed by atoms with Gasteiger partial charge in [-0.25, -0.2) is 0 Å². The van der Waals surface area contributed by atoms with Gasteiger partial charge in [0.05, 0.1) is 0 Å². The molecule has 0 amide bonds. The molecule has 186 valence electrons. The first-order chi connectivity index (χ1) is 17.3. The van der Waals surface area contributed by atoms with Crippen molar-refractivity contribution < 1.29 is 34.0 Å². The summed E-state index contributed by atoms with van der Waals surface area (Å²) in [7, 11) is 0. The normalized spacial score (nSPS) is 10.7. The average Bonchev–Trinajstić information content (AvgIpc) is 2.96. The van der Waals surface area contributed by atoms with Crippen LogP contribution in [0.5, 0.6) is 0 Å². The Balaban J connectivity index is 0.000000711. The summed E-state index contributed by atoms with van der Waals surface area (Å²) in [6.45, 7) is 0. The summed E-state index contributed by atoms with van der Waals surface area (Å²) in [4.78, 5) is 0. The van der Waals surface area contributed by atoms with Crippen molar-refractivity contribution in [1.82, 2.24) is 0 Å². The zero-order valence-electron chi connectivity index (χ0n) is 20.6. The SMILES string of the molecule is Br/C(=C(\C(=[C]c1ccccc1)c1ccccc1)c1ccccc1)c1ccccc1.[Br-].[Br-].[Sn+2].[c]1ccccc1. The fourth-order valence-electron chi connectivity index (χ4n) is 3.61. The Bertz CT molecular complexity index is 1330. The molecule has 4 radical (unpaired) electrons. The van der Waals surface area contributed by atoms with Gasteiger partial charge in [-0.15, -0.1) is 0 Å². The van der Waals surface area contributed by atoms with E-state index in [1.807, 2.05) is 66.7 Å². The minimum absolute atomic E-state index is 0. The van der Waals surface area contributed by atoms with E-state index in [9.17, 15) is 0 Å². The zero-order valence-corrected chi connectivity index (χ0v) is 28.2. The molecule has 0 saturated carbocycles. The summed E-state index contributed by atoms with van der Waals surface area (Å²) in [5.41, 5.74) is 6.63. The van der Waals surface area contributed by atoms with Crippen LogP contribution < -0.4 is 34.0 Å². The topological polar surface area (TPSA) is 0 Å². The summed E-state index contributed by atoms with van der Waals surface area (Å²) in [5, 5.41) is 0. The van der Waals surface area contributed by atoms with Crippen LogP contribution in [-0.4, -0.2) is 23.9 Å². The van der Waals surface area contributed by atoms with Crippen molar-refractivity contribution >= 4 is 55.5 Å².